The minimum Gasteiger partial charge on any atom is -0.349 e. The molecule has 0 radical (unpaired) electrons. The van der Waals surface area contributed by atoms with Crippen molar-refractivity contribution in [3.05, 3.63) is 46.9 Å². The molecule has 0 aliphatic carbocycles. The Bertz CT molecular complexity index is 745. The van der Waals surface area contributed by atoms with Crippen molar-refractivity contribution < 1.29 is 0 Å². The summed E-state index contributed by atoms with van der Waals surface area (Å²) in [5, 5.41) is 2.03. The monoisotopic (exact) mass is 301 g/mol. The average Bonchev–Trinajstić information content (AvgIpc) is 3.05. The minimum atomic E-state index is 0.477. The van der Waals surface area contributed by atoms with Gasteiger partial charge in [-0.3, -0.25) is 9.38 Å². The van der Waals surface area contributed by atoms with E-state index in [1.54, 1.807) is 11.3 Å². The quantitative estimate of drug-likeness (QED) is 0.787. The molecule has 0 bridgehead atoms. The number of rotatable bonds is 5. The van der Waals surface area contributed by atoms with E-state index in [2.05, 4.69) is 27.3 Å². The summed E-state index contributed by atoms with van der Waals surface area (Å²) in [6.45, 7) is 6.23. The van der Waals surface area contributed by atoms with Crippen LogP contribution in [0.3, 0.4) is 0 Å². The van der Waals surface area contributed by atoms with Crippen molar-refractivity contribution in [3.8, 4) is 0 Å². The third-order valence-corrected chi connectivity index (χ3v) is 4.27. The third kappa shape index (κ3) is 2.64. The summed E-state index contributed by atoms with van der Waals surface area (Å²) in [5.74, 6) is 0.968. The Kier molecular flexibility index (Phi) is 3.90. The number of imidazole rings is 1. The molecular weight excluding hydrogens is 282 g/mol. The number of thiazole rings is 1. The van der Waals surface area contributed by atoms with Crippen LogP contribution in [0.4, 0.5) is 5.82 Å². The van der Waals surface area contributed by atoms with Crippen molar-refractivity contribution in [1.82, 2.24) is 14.4 Å². The van der Waals surface area contributed by atoms with Gasteiger partial charge in [0.2, 0.25) is 0 Å². The molecule has 3 heterocycles. The van der Waals surface area contributed by atoms with Gasteiger partial charge in [0.25, 0.3) is 0 Å². The highest BCUT2D eigenvalue weighted by atomic mass is 32.1. The van der Waals surface area contributed by atoms with Crippen LogP contribution in [0, 0.1) is 6.92 Å². The summed E-state index contributed by atoms with van der Waals surface area (Å²) in [6.07, 6.45) is 2.03. The van der Waals surface area contributed by atoms with E-state index in [1.807, 2.05) is 30.6 Å². The molecule has 0 aromatic carbocycles. The molecule has 0 fully saturated rings. The van der Waals surface area contributed by atoms with E-state index >= 15 is 0 Å². The fraction of sp³-hybridized carbons (Fsp3) is 0.333. The van der Waals surface area contributed by atoms with Crippen LogP contribution in [0.5, 0.6) is 0 Å². The molecule has 2 N–H and O–H groups in total. The molecule has 0 aliphatic rings. The molecule has 5 nitrogen and oxygen atoms in total. The average molecular weight is 301 g/mol. The zero-order chi connectivity index (χ0) is 14.8. The van der Waals surface area contributed by atoms with E-state index in [0.29, 0.717) is 6.54 Å². The first-order valence-corrected chi connectivity index (χ1v) is 7.93. The first kappa shape index (κ1) is 14.0. The number of pyridine rings is 1. The lowest BCUT2D eigenvalue weighted by Crippen LogP contribution is -2.25. The van der Waals surface area contributed by atoms with E-state index in [-0.39, 0.29) is 0 Å². The molecule has 0 atom stereocenters. The highest BCUT2D eigenvalue weighted by Crippen LogP contribution is 2.25. The van der Waals surface area contributed by atoms with Crippen LogP contribution in [-0.2, 0) is 13.1 Å². The summed E-state index contributed by atoms with van der Waals surface area (Å²) >= 11 is 1.63. The zero-order valence-electron chi connectivity index (χ0n) is 12.3. The lowest BCUT2D eigenvalue weighted by atomic mass is 10.3. The topological polar surface area (TPSA) is 59.5 Å². The van der Waals surface area contributed by atoms with Crippen molar-refractivity contribution in [3.63, 3.8) is 0 Å². The fourth-order valence-corrected chi connectivity index (χ4v) is 3.21. The van der Waals surface area contributed by atoms with Crippen molar-refractivity contribution in [2.75, 3.05) is 11.4 Å². The molecule has 110 valence electrons. The highest BCUT2D eigenvalue weighted by Gasteiger charge is 2.17. The number of anilines is 1. The molecule has 3 rings (SSSR count). The van der Waals surface area contributed by atoms with Crippen LogP contribution >= 0.6 is 11.3 Å². The van der Waals surface area contributed by atoms with Crippen molar-refractivity contribution in [2.45, 2.75) is 26.9 Å². The Morgan fingerprint density at radius 1 is 1.33 bits per heavy atom. The fourth-order valence-electron chi connectivity index (χ4n) is 2.48. The Morgan fingerprint density at radius 3 is 2.90 bits per heavy atom. The third-order valence-electron chi connectivity index (χ3n) is 3.51. The van der Waals surface area contributed by atoms with Crippen LogP contribution in [0.1, 0.15) is 24.0 Å². The number of hydrogen-bond acceptors (Lipinski definition) is 5. The van der Waals surface area contributed by atoms with Gasteiger partial charge in [-0.2, -0.15) is 0 Å². The molecular formula is C15H19N5S. The summed E-state index contributed by atoms with van der Waals surface area (Å²) < 4.78 is 2.08. The van der Waals surface area contributed by atoms with E-state index in [4.69, 9.17) is 10.7 Å². The molecule has 21 heavy (non-hydrogen) atoms. The maximum Gasteiger partial charge on any atom is 0.195 e. The first-order valence-electron chi connectivity index (χ1n) is 7.05. The van der Waals surface area contributed by atoms with E-state index in [9.17, 15) is 0 Å². The van der Waals surface area contributed by atoms with E-state index < -0.39 is 0 Å². The summed E-state index contributed by atoms with van der Waals surface area (Å²) in [4.78, 5) is 12.5. The second-order valence-corrected chi connectivity index (χ2v) is 5.80. The van der Waals surface area contributed by atoms with Gasteiger partial charge in [0.1, 0.15) is 0 Å². The predicted molar refractivity (Wildman–Crippen MR) is 86.7 cm³/mol. The molecule has 3 aromatic rings. The second-order valence-electron chi connectivity index (χ2n) is 4.93. The van der Waals surface area contributed by atoms with Gasteiger partial charge in [-0.05, 0) is 26.0 Å². The largest absolute Gasteiger partial charge is 0.349 e. The molecule has 0 saturated heterocycles. The van der Waals surface area contributed by atoms with Crippen molar-refractivity contribution >= 4 is 22.1 Å². The van der Waals surface area contributed by atoms with Gasteiger partial charge in [0.05, 0.1) is 17.9 Å². The molecule has 3 aromatic heterocycles. The minimum absolute atomic E-state index is 0.477. The van der Waals surface area contributed by atoms with Crippen molar-refractivity contribution in [2.24, 2.45) is 5.73 Å². The molecule has 0 aliphatic heterocycles. The maximum atomic E-state index is 5.93. The Hall–Kier alpha value is -1.92. The highest BCUT2D eigenvalue weighted by molar-refractivity contribution is 7.15. The lowest BCUT2D eigenvalue weighted by molar-refractivity contribution is 0.782. The van der Waals surface area contributed by atoms with Gasteiger partial charge >= 0.3 is 0 Å². The van der Waals surface area contributed by atoms with E-state index in [1.165, 1.54) is 0 Å². The van der Waals surface area contributed by atoms with Gasteiger partial charge in [-0.15, -0.1) is 11.3 Å². The summed E-state index contributed by atoms with van der Waals surface area (Å²) in [6, 6.07) is 6.11. The van der Waals surface area contributed by atoms with Gasteiger partial charge in [-0.1, -0.05) is 6.07 Å². The van der Waals surface area contributed by atoms with Crippen LogP contribution < -0.4 is 10.6 Å². The molecule has 0 saturated carbocycles. The molecule has 6 heteroatoms. The molecule has 0 unspecified atom stereocenters. The predicted octanol–water partition coefficient (Wildman–Crippen LogP) is 2.58. The normalized spacial score (nSPS) is 11.2. The van der Waals surface area contributed by atoms with Crippen LogP contribution in [0.2, 0.25) is 0 Å². The first-order chi connectivity index (χ1) is 10.2. The van der Waals surface area contributed by atoms with Crippen molar-refractivity contribution in [1.29, 1.82) is 0 Å². The molecule has 0 spiro atoms. The maximum absolute atomic E-state index is 5.93. The van der Waals surface area contributed by atoms with Gasteiger partial charge in [-0.25, -0.2) is 4.98 Å². The van der Waals surface area contributed by atoms with Crippen LogP contribution in [0.25, 0.3) is 4.96 Å². The number of nitrogens with two attached hydrogens (primary N) is 1. The smallest absolute Gasteiger partial charge is 0.195 e. The number of aromatic nitrogens is 3. The van der Waals surface area contributed by atoms with Crippen LogP contribution in [0.15, 0.2) is 29.8 Å². The summed E-state index contributed by atoms with van der Waals surface area (Å²) in [7, 11) is 0. The van der Waals surface area contributed by atoms with Gasteiger partial charge < -0.3 is 10.6 Å². The Labute approximate surface area is 128 Å². The lowest BCUT2D eigenvalue weighted by Gasteiger charge is -2.21. The standard InChI is InChI=1S/C15H19N5S/c1-3-19(10-12-6-4-5-11(2)17-12)14-13(9-16)20-7-8-21-15(20)18-14/h4-8H,3,9-10,16H2,1-2H3. The zero-order valence-corrected chi connectivity index (χ0v) is 13.1. The van der Waals surface area contributed by atoms with Gasteiger partial charge in [0, 0.05) is 30.4 Å². The number of hydrogen-bond donors (Lipinski definition) is 1. The van der Waals surface area contributed by atoms with E-state index in [0.717, 1.165) is 41.0 Å². The van der Waals surface area contributed by atoms with Crippen LogP contribution in [-0.4, -0.2) is 20.9 Å². The van der Waals surface area contributed by atoms with Gasteiger partial charge in [0.15, 0.2) is 10.8 Å². The second kappa shape index (κ2) is 5.83. The number of fused-ring (bicyclic) bond motifs is 1. The number of nitrogens with zero attached hydrogens (tertiary/aromatic N) is 4. The SMILES string of the molecule is CCN(Cc1cccc(C)n1)c1nc2sccn2c1CN. The Balaban J connectivity index is 1.96. The summed E-state index contributed by atoms with van der Waals surface area (Å²) in [5.41, 5.74) is 9.08. The molecule has 0 amide bonds. The number of aryl methyl sites for hydroxylation is 1. The Morgan fingerprint density at radius 2 is 2.19 bits per heavy atom.